The first-order valence-electron chi connectivity index (χ1n) is 7.15. The molecule has 2 aliphatic carbocycles. The molecule has 1 saturated carbocycles. The molecule has 2 nitrogen and oxygen atoms in total. The summed E-state index contributed by atoms with van der Waals surface area (Å²) in [4.78, 5) is 12.4. The third kappa shape index (κ3) is 2.62. The summed E-state index contributed by atoms with van der Waals surface area (Å²) in [6, 6.07) is 0. The Hall–Kier alpha value is -0.413. The van der Waals surface area contributed by atoms with Crippen LogP contribution in [0.1, 0.15) is 46.0 Å². The second-order valence-corrected chi connectivity index (χ2v) is 11.6. The third-order valence-electron chi connectivity index (χ3n) is 4.38. The number of hydrogen-bond donors (Lipinski definition) is 0. The summed E-state index contributed by atoms with van der Waals surface area (Å²) >= 11 is 0. The molecule has 102 valence electrons. The molecule has 0 saturated heterocycles. The lowest BCUT2D eigenvalue weighted by Crippen LogP contribution is -2.45. The predicted octanol–water partition coefficient (Wildman–Crippen LogP) is 4.08. The first-order chi connectivity index (χ1) is 8.23. The number of fused-ring (bicyclic) bond motifs is 1. The minimum atomic E-state index is -1.65. The highest BCUT2D eigenvalue weighted by Gasteiger charge is 2.44. The average molecular weight is 266 g/mol. The minimum absolute atomic E-state index is 0.177. The van der Waals surface area contributed by atoms with Crippen LogP contribution in [0.25, 0.3) is 0 Å². The van der Waals surface area contributed by atoms with E-state index < -0.39 is 8.32 Å². The van der Waals surface area contributed by atoms with Crippen molar-refractivity contribution in [1.29, 1.82) is 0 Å². The Morgan fingerprint density at radius 2 is 1.94 bits per heavy atom. The van der Waals surface area contributed by atoms with Gasteiger partial charge in [0.2, 0.25) is 0 Å². The Morgan fingerprint density at radius 1 is 1.28 bits per heavy atom. The molecule has 0 radical (unpaired) electrons. The summed E-state index contributed by atoms with van der Waals surface area (Å²) in [5, 5.41) is 0. The lowest BCUT2D eigenvalue weighted by Gasteiger charge is -2.44. The number of hydrogen-bond acceptors (Lipinski definition) is 2. The van der Waals surface area contributed by atoms with Crippen LogP contribution >= 0.6 is 0 Å². The summed E-state index contributed by atoms with van der Waals surface area (Å²) in [5.74, 6) is 0.256. The van der Waals surface area contributed by atoms with Crippen molar-refractivity contribution >= 4 is 14.1 Å². The van der Waals surface area contributed by atoms with Crippen LogP contribution in [0.3, 0.4) is 0 Å². The quantitative estimate of drug-likeness (QED) is 0.704. The Morgan fingerprint density at radius 3 is 2.56 bits per heavy atom. The first-order valence-corrected chi connectivity index (χ1v) is 10.6. The summed E-state index contributed by atoms with van der Waals surface area (Å²) in [6.07, 6.45) is 5.61. The average Bonchev–Trinajstić information content (AvgIpc) is 2.23. The van der Waals surface area contributed by atoms with Crippen molar-refractivity contribution in [2.45, 2.75) is 71.7 Å². The zero-order valence-corrected chi connectivity index (χ0v) is 13.4. The standard InChI is InChI=1S/C15H26O2Si/c1-11-12-8-6-7-9-15(12,2)10-13(14(11)16)17-18(3,4)5/h13H,6-10H2,1-5H3/t13?,15-/m0/s1. The molecular weight excluding hydrogens is 240 g/mol. The molecule has 2 rings (SSSR count). The van der Waals surface area contributed by atoms with E-state index in [9.17, 15) is 4.79 Å². The summed E-state index contributed by atoms with van der Waals surface area (Å²) in [6.45, 7) is 10.8. The number of allylic oxidation sites excluding steroid dienone is 1. The number of carbonyl (C=O) groups is 1. The molecule has 0 heterocycles. The van der Waals surface area contributed by atoms with Crippen LogP contribution < -0.4 is 0 Å². The lowest BCUT2D eigenvalue weighted by atomic mass is 9.63. The highest BCUT2D eigenvalue weighted by Crippen LogP contribution is 2.49. The Kier molecular flexibility index (Phi) is 3.58. The number of carbonyl (C=O) groups excluding carboxylic acids is 1. The zero-order chi connectivity index (χ0) is 13.6. The summed E-state index contributed by atoms with van der Waals surface area (Å²) in [7, 11) is -1.65. The summed E-state index contributed by atoms with van der Waals surface area (Å²) < 4.78 is 6.13. The number of Topliss-reactive ketones (excluding diaryl/α,β-unsaturated/α-hetero) is 1. The zero-order valence-electron chi connectivity index (χ0n) is 12.4. The first kappa shape index (κ1) is 14.0. The van der Waals surface area contributed by atoms with E-state index in [1.54, 1.807) is 0 Å². The second kappa shape index (κ2) is 4.60. The molecule has 1 unspecified atom stereocenters. The van der Waals surface area contributed by atoms with Crippen molar-refractivity contribution < 1.29 is 9.22 Å². The van der Waals surface area contributed by atoms with Gasteiger partial charge >= 0.3 is 0 Å². The van der Waals surface area contributed by atoms with Crippen molar-refractivity contribution in [2.24, 2.45) is 5.41 Å². The van der Waals surface area contributed by atoms with Crippen LogP contribution in [-0.2, 0) is 9.22 Å². The second-order valence-electron chi connectivity index (χ2n) is 7.16. The number of rotatable bonds is 2. The van der Waals surface area contributed by atoms with Crippen molar-refractivity contribution in [3.05, 3.63) is 11.1 Å². The van der Waals surface area contributed by atoms with Gasteiger partial charge in [-0.15, -0.1) is 0 Å². The van der Waals surface area contributed by atoms with Crippen molar-refractivity contribution in [1.82, 2.24) is 0 Å². The van der Waals surface area contributed by atoms with Crippen molar-refractivity contribution in [3.63, 3.8) is 0 Å². The van der Waals surface area contributed by atoms with Crippen LogP contribution in [0.2, 0.25) is 19.6 Å². The molecule has 3 heteroatoms. The molecule has 0 bridgehead atoms. The third-order valence-corrected chi connectivity index (χ3v) is 5.37. The van der Waals surface area contributed by atoms with Crippen LogP contribution in [-0.4, -0.2) is 20.2 Å². The molecule has 0 N–H and O–H groups in total. The van der Waals surface area contributed by atoms with Gasteiger partial charge in [-0.25, -0.2) is 0 Å². The van der Waals surface area contributed by atoms with Gasteiger partial charge in [-0.1, -0.05) is 18.9 Å². The van der Waals surface area contributed by atoms with Crippen LogP contribution in [0, 0.1) is 5.41 Å². The van der Waals surface area contributed by atoms with E-state index in [4.69, 9.17) is 4.43 Å². The van der Waals surface area contributed by atoms with Gasteiger partial charge in [0.15, 0.2) is 14.1 Å². The van der Waals surface area contributed by atoms with Crippen molar-refractivity contribution in [2.75, 3.05) is 0 Å². The largest absolute Gasteiger partial charge is 0.407 e. The van der Waals surface area contributed by atoms with E-state index >= 15 is 0 Å². The topological polar surface area (TPSA) is 26.3 Å². The van der Waals surface area contributed by atoms with Gasteiger partial charge in [0.05, 0.1) is 0 Å². The fraction of sp³-hybridized carbons (Fsp3) is 0.800. The van der Waals surface area contributed by atoms with E-state index in [0.29, 0.717) is 0 Å². The smallest absolute Gasteiger partial charge is 0.186 e. The molecule has 0 aromatic rings. The maximum absolute atomic E-state index is 12.4. The highest BCUT2D eigenvalue weighted by molar-refractivity contribution is 6.69. The van der Waals surface area contributed by atoms with Crippen LogP contribution in [0.5, 0.6) is 0 Å². The van der Waals surface area contributed by atoms with E-state index in [1.807, 2.05) is 6.92 Å². The maximum Gasteiger partial charge on any atom is 0.186 e. The normalized spacial score (nSPS) is 33.6. The van der Waals surface area contributed by atoms with E-state index in [0.717, 1.165) is 18.4 Å². The van der Waals surface area contributed by atoms with E-state index in [2.05, 4.69) is 26.6 Å². The fourth-order valence-corrected chi connectivity index (χ4v) is 4.59. The predicted molar refractivity (Wildman–Crippen MR) is 77.1 cm³/mol. The van der Waals surface area contributed by atoms with Gasteiger partial charge < -0.3 is 4.43 Å². The molecule has 0 aromatic carbocycles. The molecule has 1 fully saturated rings. The SMILES string of the molecule is CC1=C2CCCC[C@@]2(C)CC(O[Si](C)(C)C)C1=O. The lowest BCUT2D eigenvalue weighted by molar-refractivity contribution is -0.125. The molecule has 0 aromatic heterocycles. The van der Waals surface area contributed by atoms with Gasteiger partial charge in [0.25, 0.3) is 0 Å². The molecular formula is C15H26O2Si. The fourth-order valence-electron chi connectivity index (χ4n) is 3.55. The Balaban J connectivity index is 2.29. The highest BCUT2D eigenvalue weighted by atomic mass is 28.4. The van der Waals surface area contributed by atoms with Gasteiger partial charge in [-0.05, 0) is 63.2 Å². The Bertz CT molecular complexity index is 392. The van der Waals surface area contributed by atoms with Gasteiger partial charge in [-0.2, -0.15) is 0 Å². The van der Waals surface area contributed by atoms with Crippen molar-refractivity contribution in [3.8, 4) is 0 Å². The van der Waals surface area contributed by atoms with E-state index in [1.165, 1.54) is 24.8 Å². The monoisotopic (exact) mass is 266 g/mol. The maximum atomic E-state index is 12.4. The molecule has 18 heavy (non-hydrogen) atoms. The molecule has 0 amide bonds. The molecule has 2 aliphatic rings. The van der Waals surface area contributed by atoms with Gasteiger partial charge in [-0.3, -0.25) is 4.79 Å². The van der Waals surface area contributed by atoms with E-state index in [-0.39, 0.29) is 17.3 Å². The molecule has 0 spiro atoms. The minimum Gasteiger partial charge on any atom is -0.407 e. The van der Waals surface area contributed by atoms with Crippen LogP contribution in [0.4, 0.5) is 0 Å². The molecule has 2 atom stereocenters. The molecule has 0 aliphatic heterocycles. The van der Waals surface area contributed by atoms with Crippen LogP contribution in [0.15, 0.2) is 11.1 Å². The Labute approximate surface area is 112 Å². The van der Waals surface area contributed by atoms with Gasteiger partial charge in [0.1, 0.15) is 6.10 Å². The number of ketones is 1. The summed E-state index contributed by atoms with van der Waals surface area (Å²) in [5.41, 5.74) is 2.65. The van der Waals surface area contributed by atoms with Gasteiger partial charge in [0, 0.05) is 0 Å².